The number of halogens is 1. The van der Waals surface area contributed by atoms with Crippen molar-refractivity contribution in [1.82, 2.24) is 15.1 Å². The Balaban J connectivity index is 1.94. The third-order valence-corrected chi connectivity index (χ3v) is 3.95. The molecule has 1 aliphatic rings. The molecule has 0 bridgehead atoms. The number of amides is 1. The smallest absolute Gasteiger partial charge is 0.275 e. The predicted molar refractivity (Wildman–Crippen MR) is 82.9 cm³/mol. The van der Waals surface area contributed by atoms with Crippen molar-refractivity contribution in [3.05, 3.63) is 39.9 Å². The Morgan fingerprint density at radius 2 is 2.35 bits per heavy atom. The van der Waals surface area contributed by atoms with E-state index in [0.29, 0.717) is 25.2 Å². The van der Waals surface area contributed by atoms with Gasteiger partial charge in [-0.2, -0.15) is 5.10 Å². The van der Waals surface area contributed by atoms with Crippen LogP contribution in [-0.2, 0) is 11.3 Å². The number of hydrogen-bond donors (Lipinski definition) is 1. The monoisotopic (exact) mass is 319 g/mol. The number of carbonyl (C=O) groups is 1. The van der Waals surface area contributed by atoms with Crippen LogP contribution in [0.2, 0.25) is 0 Å². The first-order chi connectivity index (χ1) is 11.1. The van der Waals surface area contributed by atoms with Crippen LogP contribution in [-0.4, -0.2) is 34.9 Å². The van der Waals surface area contributed by atoms with Gasteiger partial charge < -0.3 is 10.1 Å². The number of fused-ring (bicyclic) bond motifs is 1. The number of carbonyl (C=O) groups excluding carboxylic acids is 1. The zero-order valence-electron chi connectivity index (χ0n) is 12.8. The van der Waals surface area contributed by atoms with Crippen molar-refractivity contribution in [2.24, 2.45) is 0 Å². The second-order valence-electron chi connectivity index (χ2n) is 5.50. The Morgan fingerprint density at radius 3 is 3.04 bits per heavy atom. The molecule has 1 aromatic carbocycles. The maximum Gasteiger partial charge on any atom is 0.275 e. The molecule has 122 valence electrons. The highest BCUT2D eigenvalue weighted by molar-refractivity contribution is 5.95. The summed E-state index contributed by atoms with van der Waals surface area (Å²) in [5.74, 6) is -1.08. The Kier molecular flexibility index (Phi) is 4.38. The third-order valence-electron chi connectivity index (χ3n) is 3.95. The van der Waals surface area contributed by atoms with Crippen LogP contribution in [0.1, 0.15) is 30.3 Å². The summed E-state index contributed by atoms with van der Waals surface area (Å²) in [6.45, 7) is 3.34. The average molecular weight is 319 g/mol. The van der Waals surface area contributed by atoms with Crippen molar-refractivity contribution in [1.29, 1.82) is 0 Å². The minimum Gasteiger partial charge on any atom is -0.376 e. The molecule has 2 aromatic rings. The summed E-state index contributed by atoms with van der Waals surface area (Å²) in [4.78, 5) is 24.7. The van der Waals surface area contributed by atoms with Gasteiger partial charge in [0.15, 0.2) is 5.69 Å². The number of benzene rings is 1. The maximum atomic E-state index is 13.5. The van der Waals surface area contributed by atoms with E-state index >= 15 is 0 Å². The van der Waals surface area contributed by atoms with Crippen molar-refractivity contribution >= 4 is 16.8 Å². The maximum absolute atomic E-state index is 13.5. The molecule has 1 atom stereocenters. The molecule has 1 amide bonds. The Labute approximate surface area is 132 Å². The topological polar surface area (TPSA) is 73.2 Å². The average Bonchev–Trinajstić information content (AvgIpc) is 3.07. The van der Waals surface area contributed by atoms with Crippen LogP contribution < -0.4 is 10.7 Å². The van der Waals surface area contributed by atoms with Crippen LogP contribution in [0.5, 0.6) is 0 Å². The van der Waals surface area contributed by atoms with Crippen LogP contribution in [0.3, 0.4) is 0 Å². The minimum absolute atomic E-state index is 0.0229. The zero-order chi connectivity index (χ0) is 16.4. The van der Waals surface area contributed by atoms with Gasteiger partial charge in [-0.25, -0.2) is 4.39 Å². The number of aromatic nitrogens is 2. The first-order valence-electron chi connectivity index (χ1n) is 7.70. The highest BCUT2D eigenvalue weighted by atomic mass is 19.1. The van der Waals surface area contributed by atoms with Gasteiger partial charge in [0.05, 0.1) is 17.0 Å². The van der Waals surface area contributed by atoms with Gasteiger partial charge >= 0.3 is 0 Å². The van der Waals surface area contributed by atoms with E-state index in [1.54, 1.807) is 0 Å². The quantitative estimate of drug-likeness (QED) is 0.926. The molecule has 1 saturated heterocycles. The molecule has 1 fully saturated rings. The summed E-state index contributed by atoms with van der Waals surface area (Å²) in [7, 11) is 0. The first-order valence-corrected chi connectivity index (χ1v) is 7.70. The fourth-order valence-corrected chi connectivity index (χ4v) is 2.75. The van der Waals surface area contributed by atoms with Gasteiger partial charge in [0, 0.05) is 19.7 Å². The van der Waals surface area contributed by atoms with Gasteiger partial charge in [-0.15, -0.1) is 0 Å². The normalized spacial score (nSPS) is 17.6. The van der Waals surface area contributed by atoms with E-state index in [0.717, 1.165) is 18.9 Å². The molecule has 7 heteroatoms. The molecule has 23 heavy (non-hydrogen) atoms. The lowest BCUT2D eigenvalue weighted by Crippen LogP contribution is -2.36. The second-order valence-corrected chi connectivity index (χ2v) is 5.50. The van der Waals surface area contributed by atoms with E-state index < -0.39 is 17.2 Å². The number of hydrogen-bond acceptors (Lipinski definition) is 4. The van der Waals surface area contributed by atoms with Crippen molar-refractivity contribution < 1.29 is 13.9 Å². The highest BCUT2D eigenvalue weighted by Crippen LogP contribution is 2.13. The Morgan fingerprint density at radius 1 is 1.52 bits per heavy atom. The van der Waals surface area contributed by atoms with E-state index in [4.69, 9.17) is 4.74 Å². The van der Waals surface area contributed by atoms with E-state index in [9.17, 15) is 14.0 Å². The summed E-state index contributed by atoms with van der Waals surface area (Å²) in [6.07, 6.45) is 1.83. The summed E-state index contributed by atoms with van der Waals surface area (Å²) in [5, 5.41) is 6.96. The molecule has 1 aliphatic heterocycles. The third kappa shape index (κ3) is 3.10. The summed E-state index contributed by atoms with van der Waals surface area (Å²) >= 11 is 0. The fourth-order valence-electron chi connectivity index (χ4n) is 2.75. The van der Waals surface area contributed by atoms with Crippen molar-refractivity contribution in [2.75, 3.05) is 13.2 Å². The Hall–Kier alpha value is -2.28. The molecule has 3 rings (SSSR count). The minimum atomic E-state index is -0.561. The second kappa shape index (κ2) is 6.45. The van der Waals surface area contributed by atoms with Crippen LogP contribution in [0, 0.1) is 5.82 Å². The molecule has 0 spiro atoms. The standard InChI is InChI=1S/C16H18FN3O3/c1-2-20-13-6-5-10(17)8-12(13)15(21)14(19-20)16(22)18-9-11-4-3-7-23-11/h5-6,8,11H,2-4,7,9H2,1H3,(H,18,22). The lowest BCUT2D eigenvalue weighted by atomic mass is 10.2. The zero-order valence-corrected chi connectivity index (χ0v) is 12.8. The lowest BCUT2D eigenvalue weighted by Gasteiger charge is -2.12. The lowest BCUT2D eigenvalue weighted by molar-refractivity contribution is 0.0851. The van der Waals surface area contributed by atoms with Crippen molar-refractivity contribution in [3.63, 3.8) is 0 Å². The first kappa shape index (κ1) is 15.6. The van der Waals surface area contributed by atoms with Gasteiger partial charge in [0.1, 0.15) is 5.82 Å². The molecule has 0 aliphatic carbocycles. The van der Waals surface area contributed by atoms with Crippen molar-refractivity contribution in [2.45, 2.75) is 32.4 Å². The van der Waals surface area contributed by atoms with E-state index in [1.807, 2.05) is 6.92 Å². The molecule has 1 N–H and O–H groups in total. The molecule has 6 nitrogen and oxygen atoms in total. The number of rotatable bonds is 4. The van der Waals surface area contributed by atoms with Crippen LogP contribution >= 0.6 is 0 Å². The molecular weight excluding hydrogens is 301 g/mol. The summed E-state index contributed by atoms with van der Waals surface area (Å²) in [6, 6.07) is 3.91. The SMILES string of the molecule is CCn1nc(C(=O)NCC2CCCO2)c(=O)c2cc(F)ccc21. The highest BCUT2D eigenvalue weighted by Gasteiger charge is 2.20. The summed E-state index contributed by atoms with van der Waals surface area (Å²) in [5.41, 5.74) is -0.272. The van der Waals surface area contributed by atoms with Crippen molar-refractivity contribution in [3.8, 4) is 0 Å². The molecule has 1 unspecified atom stereocenters. The van der Waals surface area contributed by atoms with Crippen LogP contribution in [0.4, 0.5) is 4.39 Å². The van der Waals surface area contributed by atoms with E-state index in [1.165, 1.54) is 16.8 Å². The van der Waals surface area contributed by atoms with Gasteiger partial charge in [0.2, 0.25) is 5.43 Å². The van der Waals surface area contributed by atoms with Gasteiger partial charge in [-0.05, 0) is 38.0 Å². The van der Waals surface area contributed by atoms with Crippen LogP contribution in [0.25, 0.3) is 10.9 Å². The fraction of sp³-hybridized carbons (Fsp3) is 0.438. The van der Waals surface area contributed by atoms with Gasteiger partial charge in [0.25, 0.3) is 5.91 Å². The number of nitrogens with zero attached hydrogens (tertiary/aromatic N) is 2. The Bertz CT molecular complexity index is 797. The molecule has 0 saturated carbocycles. The summed E-state index contributed by atoms with van der Waals surface area (Å²) < 4.78 is 20.4. The number of ether oxygens (including phenoxy) is 1. The molecule has 2 heterocycles. The van der Waals surface area contributed by atoms with E-state index in [2.05, 4.69) is 10.4 Å². The largest absolute Gasteiger partial charge is 0.376 e. The predicted octanol–water partition coefficient (Wildman–Crippen LogP) is 1.46. The van der Waals surface area contributed by atoms with Gasteiger partial charge in [-0.3, -0.25) is 14.3 Å². The van der Waals surface area contributed by atoms with Gasteiger partial charge in [-0.1, -0.05) is 0 Å². The molecule has 1 aromatic heterocycles. The number of aryl methyl sites for hydroxylation is 1. The molecular formula is C16H18FN3O3. The number of nitrogens with one attached hydrogen (secondary N) is 1. The molecule has 0 radical (unpaired) electrons. The van der Waals surface area contributed by atoms with Crippen LogP contribution in [0.15, 0.2) is 23.0 Å². The van der Waals surface area contributed by atoms with E-state index in [-0.39, 0.29) is 17.2 Å².